The van der Waals surface area contributed by atoms with Gasteiger partial charge in [-0.05, 0) is 40.8 Å². The summed E-state index contributed by atoms with van der Waals surface area (Å²) >= 11 is 3.20. The van der Waals surface area contributed by atoms with Crippen LogP contribution in [0, 0.1) is 21.4 Å². The van der Waals surface area contributed by atoms with Crippen molar-refractivity contribution in [3.8, 4) is 0 Å². The topological polar surface area (TPSA) is 101 Å². The largest absolute Gasteiger partial charge is 0.481 e. The third-order valence-corrected chi connectivity index (χ3v) is 5.63. The third kappa shape index (κ3) is 2.50. The van der Waals surface area contributed by atoms with Gasteiger partial charge >= 0.3 is 5.97 Å². The van der Waals surface area contributed by atoms with Gasteiger partial charge in [0.05, 0.1) is 15.9 Å². The lowest BCUT2D eigenvalue weighted by atomic mass is 9.81. The lowest BCUT2D eigenvalue weighted by Gasteiger charge is -2.23. The molecule has 1 amide bonds. The van der Waals surface area contributed by atoms with Crippen LogP contribution in [0.5, 0.6) is 0 Å². The molecule has 0 bridgehead atoms. The maximum atomic E-state index is 12.7. The third-order valence-electron chi connectivity index (χ3n) is 4.98. The summed E-state index contributed by atoms with van der Waals surface area (Å²) in [6.45, 7) is 0.629. The van der Waals surface area contributed by atoms with Gasteiger partial charge in [-0.2, -0.15) is 0 Å². The van der Waals surface area contributed by atoms with Crippen molar-refractivity contribution in [3.05, 3.63) is 38.3 Å². The van der Waals surface area contributed by atoms with E-state index in [2.05, 4.69) is 15.9 Å². The van der Waals surface area contributed by atoms with Crippen molar-refractivity contribution in [2.75, 3.05) is 13.1 Å². The molecule has 2 fully saturated rings. The summed E-state index contributed by atoms with van der Waals surface area (Å²) in [5, 5.41) is 20.3. The smallest absolute Gasteiger partial charge is 0.311 e. The van der Waals surface area contributed by atoms with Crippen LogP contribution in [-0.2, 0) is 4.79 Å². The van der Waals surface area contributed by atoms with Gasteiger partial charge in [-0.15, -0.1) is 0 Å². The molecule has 2 aliphatic rings. The van der Waals surface area contributed by atoms with Crippen molar-refractivity contribution < 1.29 is 19.6 Å². The number of rotatable bonds is 3. The van der Waals surface area contributed by atoms with E-state index in [1.165, 1.54) is 18.2 Å². The van der Waals surface area contributed by atoms with Crippen LogP contribution in [0.25, 0.3) is 0 Å². The number of fused-ring (bicyclic) bond motifs is 1. The predicted octanol–water partition coefficient (Wildman–Crippen LogP) is 2.68. The molecule has 0 aromatic heterocycles. The highest BCUT2D eigenvalue weighted by Crippen LogP contribution is 2.49. The predicted molar refractivity (Wildman–Crippen MR) is 84.1 cm³/mol. The second-order valence-corrected chi connectivity index (χ2v) is 7.01. The molecule has 2 atom stereocenters. The highest BCUT2D eigenvalue weighted by Gasteiger charge is 2.55. The fraction of sp³-hybridized carbons (Fsp3) is 0.467. The molecule has 1 aliphatic heterocycles. The fourth-order valence-corrected chi connectivity index (χ4v) is 4.29. The van der Waals surface area contributed by atoms with Crippen molar-refractivity contribution in [2.45, 2.75) is 19.3 Å². The minimum atomic E-state index is -0.835. The first kappa shape index (κ1) is 15.9. The Balaban J connectivity index is 1.85. The highest BCUT2D eigenvalue weighted by atomic mass is 79.9. The van der Waals surface area contributed by atoms with Crippen molar-refractivity contribution in [3.63, 3.8) is 0 Å². The van der Waals surface area contributed by atoms with Crippen molar-refractivity contribution in [1.29, 1.82) is 0 Å². The number of nitro groups is 1. The number of hydrogen-bond donors (Lipinski definition) is 1. The molecule has 23 heavy (non-hydrogen) atoms. The molecule has 7 nitrogen and oxygen atoms in total. The van der Waals surface area contributed by atoms with Crippen LogP contribution >= 0.6 is 15.9 Å². The van der Waals surface area contributed by atoms with Crippen LogP contribution < -0.4 is 0 Å². The second-order valence-electron chi connectivity index (χ2n) is 6.16. The first-order valence-electron chi connectivity index (χ1n) is 7.32. The summed E-state index contributed by atoms with van der Waals surface area (Å²) in [6, 6.07) is 3.98. The van der Waals surface area contributed by atoms with Crippen LogP contribution in [0.4, 0.5) is 5.69 Å². The number of aliphatic carboxylic acids is 1. The van der Waals surface area contributed by atoms with Crippen LogP contribution in [0.1, 0.15) is 29.6 Å². The van der Waals surface area contributed by atoms with Crippen LogP contribution in [-0.4, -0.2) is 39.9 Å². The molecule has 1 saturated heterocycles. The molecule has 0 radical (unpaired) electrons. The molecular weight excluding hydrogens is 368 g/mol. The number of hydrogen-bond acceptors (Lipinski definition) is 4. The normalized spacial score (nSPS) is 26.1. The van der Waals surface area contributed by atoms with Gasteiger partial charge in [0.1, 0.15) is 0 Å². The lowest BCUT2D eigenvalue weighted by Crippen LogP contribution is -2.37. The molecule has 0 spiro atoms. The van der Waals surface area contributed by atoms with Crippen molar-refractivity contribution in [2.24, 2.45) is 11.3 Å². The number of amides is 1. The first-order valence-corrected chi connectivity index (χ1v) is 8.11. The Morgan fingerprint density at radius 1 is 1.43 bits per heavy atom. The van der Waals surface area contributed by atoms with Crippen LogP contribution in [0.3, 0.4) is 0 Å². The number of carbonyl (C=O) groups is 2. The molecule has 1 aromatic carbocycles. The van der Waals surface area contributed by atoms with Gasteiger partial charge in [0.25, 0.3) is 11.6 Å². The van der Waals surface area contributed by atoms with E-state index in [4.69, 9.17) is 0 Å². The van der Waals surface area contributed by atoms with E-state index in [9.17, 15) is 24.8 Å². The molecular formula is C15H15BrN2O5. The fourth-order valence-electron chi connectivity index (χ4n) is 3.75. The van der Waals surface area contributed by atoms with Gasteiger partial charge in [-0.1, -0.05) is 6.42 Å². The van der Waals surface area contributed by atoms with Gasteiger partial charge in [-0.25, -0.2) is 0 Å². The van der Waals surface area contributed by atoms with Gasteiger partial charge < -0.3 is 10.0 Å². The van der Waals surface area contributed by atoms with Gasteiger partial charge in [-0.3, -0.25) is 19.7 Å². The number of halogens is 1. The average Bonchev–Trinajstić information content (AvgIpc) is 3.04. The number of carbonyl (C=O) groups excluding carboxylic acids is 1. The molecule has 3 rings (SSSR count). The number of likely N-dealkylation sites (tertiary alicyclic amines) is 1. The molecule has 1 N–H and O–H groups in total. The number of carboxylic acids is 1. The Kier molecular flexibility index (Phi) is 3.87. The summed E-state index contributed by atoms with van der Waals surface area (Å²) in [6.07, 6.45) is 2.29. The Hall–Kier alpha value is -1.96. The number of nitrogens with zero attached hydrogens (tertiary/aromatic N) is 2. The highest BCUT2D eigenvalue weighted by molar-refractivity contribution is 9.10. The Labute approximate surface area is 140 Å². The van der Waals surface area contributed by atoms with E-state index in [-0.39, 0.29) is 24.1 Å². The summed E-state index contributed by atoms with van der Waals surface area (Å²) in [7, 11) is 0. The maximum Gasteiger partial charge on any atom is 0.311 e. The Morgan fingerprint density at radius 3 is 2.74 bits per heavy atom. The zero-order chi connectivity index (χ0) is 16.8. The molecule has 1 heterocycles. The standard InChI is InChI=1S/C15H15BrN2O5/c16-12-6-10(18(22)23)3-4-11(12)13(19)17-7-9-2-1-5-15(9,8-17)14(20)21/h3-4,6,9H,1-2,5,7-8H2,(H,20,21)/t9-,15+/m0/s1. The van der Waals surface area contributed by atoms with Gasteiger partial charge in [0, 0.05) is 29.7 Å². The van der Waals surface area contributed by atoms with E-state index in [0.29, 0.717) is 23.0 Å². The van der Waals surface area contributed by atoms with Crippen molar-refractivity contribution in [1.82, 2.24) is 4.90 Å². The molecule has 1 aromatic rings. The Bertz CT molecular complexity index is 707. The monoisotopic (exact) mass is 382 g/mol. The second kappa shape index (κ2) is 5.59. The Morgan fingerprint density at radius 2 is 2.17 bits per heavy atom. The zero-order valence-electron chi connectivity index (χ0n) is 12.2. The average molecular weight is 383 g/mol. The molecule has 0 unspecified atom stereocenters. The lowest BCUT2D eigenvalue weighted by molar-refractivity contribution is -0.384. The van der Waals surface area contributed by atoms with E-state index >= 15 is 0 Å². The number of non-ortho nitro benzene ring substituents is 1. The number of benzene rings is 1. The SMILES string of the molecule is O=C(c1ccc([N+](=O)[O-])cc1Br)N1C[C@@H]2CCC[C@@]2(C(=O)O)C1. The first-order chi connectivity index (χ1) is 10.8. The van der Waals surface area contributed by atoms with Crippen LogP contribution in [0.15, 0.2) is 22.7 Å². The quantitative estimate of drug-likeness (QED) is 0.639. The summed E-state index contributed by atoms with van der Waals surface area (Å²) in [5.41, 5.74) is -0.618. The van der Waals surface area contributed by atoms with Crippen LogP contribution in [0.2, 0.25) is 0 Å². The number of nitro benzene ring substituents is 1. The number of carboxylic acid groups (broad SMARTS) is 1. The summed E-state index contributed by atoms with van der Waals surface area (Å²) in [4.78, 5) is 36.1. The van der Waals surface area contributed by atoms with E-state index in [1.54, 1.807) is 4.90 Å². The summed E-state index contributed by atoms with van der Waals surface area (Å²) < 4.78 is 0.345. The van der Waals surface area contributed by atoms with Gasteiger partial charge in [0.2, 0.25) is 0 Å². The zero-order valence-corrected chi connectivity index (χ0v) is 13.8. The van der Waals surface area contributed by atoms with E-state index < -0.39 is 16.3 Å². The summed E-state index contributed by atoms with van der Waals surface area (Å²) in [5.74, 6) is -1.14. The van der Waals surface area contributed by atoms with Crippen molar-refractivity contribution >= 4 is 33.5 Å². The molecule has 1 aliphatic carbocycles. The van der Waals surface area contributed by atoms with E-state index in [1.807, 2.05) is 0 Å². The molecule has 1 saturated carbocycles. The molecule has 8 heteroatoms. The molecule has 122 valence electrons. The minimum absolute atomic E-state index is 0.0132. The maximum absolute atomic E-state index is 12.7. The minimum Gasteiger partial charge on any atom is -0.481 e. The van der Waals surface area contributed by atoms with Gasteiger partial charge in [0.15, 0.2) is 0 Å². The van der Waals surface area contributed by atoms with E-state index in [0.717, 1.165) is 12.8 Å².